The molecule has 1 amide bonds. The van der Waals surface area contributed by atoms with Gasteiger partial charge in [-0.15, -0.1) is 0 Å². The van der Waals surface area contributed by atoms with Crippen LogP contribution < -0.4 is 14.8 Å². The first kappa shape index (κ1) is 22.3. The Morgan fingerprint density at radius 1 is 1.21 bits per heavy atom. The summed E-state index contributed by atoms with van der Waals surface area (Å²) in [6, 6.07) is 8.85. The van der Waals surface area contributed by atoms with Gasteiger partial charge in [-0.3, -0.25) is 19.2 Å². The van der Waals surface area contributed by atoms with Crippen LogP contribution in [0.2, 0.25) is 0 Å². The summed E-state index contributed by atoms with van der Waals surface area (Å²) in [7, 11) is 1.33. The van der Waals surface area contributed by atoms with Gasteiger partial charge in [-0.25, -0.2) is 0 Å². The molecule has 1 unspecified atom stereocenters. The molecule has 1 aliphatic carbocycles. The Labute approximate surface area is 190 Å². The van der Waals surface area contributed by atoms with Crippen LogP contribution >= 0.6 is 0 Å². The number of carbonyl (C=O) groups excluding carboxylic acids is 4. The first-order valence-corrected chi connectivity index (χ1v) is 10.4. The van der Waals surface area contributed by atoms with E-state index in [9.17, 15) is 24.3 Å². The number of allylic oxidation sites excluding steroid dienone is 2. The summed E-state index contributed by atoms with van der Waals surface area (Å²) in [6.07, 6.45) is 1.09. The van der Waals surface area contributed by atoms with Gasteiger partial charge in [-0.1, -0.05) is 29.8 Å². The maximum absolute atomic E-state index is 13.3. The van der Waals surface area contributed by atoms with Crippen LogP contribution in [0.5, 0.6) is 17.2 Å². The van der Waals surface area contributed by atoms with Gasteiger partial charge in [0.15, 0.2) is 17.3 Å². The third-order valence-electron chi connectivity index (χ3n) is 6.17. The second kappa shape index (κ2) is 7.88. The van der Waals surface area contributed by atoms with E-state index in [1.54, 1.807) is 0 Å². The second-order valence-corrected chi connectivity index (χ2v) is 8.39. The van der Waals surface area contributed by atoms with E-state index in [1.807, 2.05) is 31.2 Å². The lowest BCUT2D eigenvalue weighted by molar-refractivity contribution is -0.140. The summed E-state index contributed by atoms with van der Waals surface area (Å²) < 4.78 is 11.1. The number of carbonyl (C=O) groups is 4. The molecule has 1 aliphatic heterocycles. The average Bonchev–Trinajstić information content (AvgIpc) is 3.06. The number of fused-ring (bicyclic) bond motifs is 3. The van der Waals surface area contributed by atoms with Crippen molar-refractivity contribution in [3.63, 3.8) is 0 Å². The normalized spacial score (nSPS) is 21.0. The molecule has 8 nitrogen and oxygen atoms in total. The Hall–Kier alpha value is -3.94. The number of hydrogen-bond donors (Lipinski definition) is 2. The van der Waals surface area contributed by atoms with Crippen molar-refractivity contribution >= 4 is 23.3 Å². The van der Waals surface area contributed by atoms with E-state index in [0.717, 1.165) is 24.1 Å². The summed E-state index contributed by atoms with van der Waals surface area (Å²) in [6.45, 7) is 4.82. The van der Waals surface area contributed by atoms with Crippen LogP contribution in [0, 0.1) is 12.8 Å². The van der Waals surface area contributed by atoms with E-state index < -0.39 is 34.6 Å². The molecule has 0 radical (unpaired) electrons. The SMILES string of the molecule is COc1cc(O)c2c(c1C(=O)NCc1ccc(C)cc1)OC1=CC(=O)C(C(C)=O)C(=O)[C@]12C. The highest BCUT2D eigenvalue weighted by atomic mass is 16.5. The number of methoxy groups -OCH3 is 1. The molecule has 4 rings (SSSR count). The molecule has 2 aromatic carbocycles. The lowest BCUT2D eigenvalue weighted by Gasteiger charge is -2.30. The monoisotopic (exact) mass is 449 g/mol. The number of hydrogen-bond acceptors (Lipinski definition) is 7. The van der Waals surface area contributed by atoms with Gasteiger partial charge in [0.2, 0.25) is 0 Å². The zero-order valence-electron chi connectivity index (χ0n) is 18.6. The van der Waals surface area contributed by atoms with Crippen LogP contribution in [0.15, 0.2) is 42.2 Å². The van der Waals surface area contributed by atoms with Crippen molar-refractivity contribution in [2.45, 2.75) is 32.7 Å². The minimum Gasteiger partial charge on any atom is -0.507 e. The Kier molecular flexibility index (Phi) is 5.32. The van der Waals surface area contributed by atoms with Gasteiger partial charge < -0.3 is 19.9 Å². The fourth-order valence-electron chi connectivity index (χ4n) is 4.33. The smallest absolute Gasteiger partial charge is 0.259 e. The number of nitrogens with one attached hydrogen (secondary N) is 1. The molecule has 8 heteroatoms. The highest BCUT2D eigenvalue weighted by molar-refractivity contribution is 6.27. The number of amides is 1. The Morgan fingerprint density at radius 3 is 2.48 bits per heavy atom. The van der Waals surface area contributed by atoms with E-state index in [0.29, 0.717) is 0 Å². The molecule has 0 bridgehead atoms. The number of benzene rings is 2. The Balaban J connectivity index is 1.80. The quantitative estimate of drug-likeness (QED) is 0.673. The number of phenolic OH excluding ortho intramolecular Hbond substituents is 1. The van der Waals surface area contributed by atoms with Crippen molar-refractivity contribution in [2.75, 3.05) is 7.11 Å². The first-order chi connectivity index (χ1) is 15.6. The lowest BCUT2D eigenvalue weighted by Crippen LogP contribution is -2.47. The number of ketones is 3. The third kappa shape index (κ3) is 3.38. The molecule has 0 spiro atoms. The van der Waals surface area contributed by atoms with Crippen LogP contribution in [0.3, 0.4) is 0 Å². The number of ether oxygens (including phenoxy) is 2. The van der Waals surface area contributed by atoms with Gasteiger partial charge in [-0.2, -0.15) is 0 Å². The number of rotatable bonds is 5. The maximum Gasteiger partial charge on any atom is 0.259 e. The highest BCUT2D eigenvalue weighted by Gasteiger charge is 2.58. The predicted octanol–water partition coefficient (Wildman–Crippen LogP) is 2.53. The molecule has 0 fully saturated rings. The van der Waals surface area contributed by atoms with Crippen LogP contribution in [0.1, 0.15) is 40.9 Å². The summed E-state index contributed by atoms with van der Waals surface area (Å²) in [5.41, 5.74) is 0.371. The van der Waals surface area contributed by atoms with Gasteiger partial charge in [0.05, 0.1) is 12.7 Å². The van der Waals surface area contributed by atoms with E-state index in [4.69, 9.17) is 9.47 Å². The molecule has 2 aliphatic rings. The number of Topliss-reactive ketones (excluding diaryl/α,β-unsaturated/α-hetero) is 2. The van der Waals surface area contributed by atoms with Crippen molar-refractivity contribution in [3.05, 3.63) is 64.4 Å². The number of phenols is 1. The number of aryl methyl sites for hydroxylation is 1. The van der Waals surface area contributed by atoms with Crippen LogP contribution in [0.25, 0.3) is 0 Å². The van der Waals surface area contributed by atoms with Crippen LogP contribution in [-0.4, -0.2) is 35.5 Å². The average molecular weight is 449 g/mol. The molecular weight excluding hydrogens is 426 g/mol. The van der Waals surface area contributed by atoms with Crippen LogP contribution in [-0.2, 0) is 26.3 Å². The second-order valence-electron chi connectivity index (χ2n) is 8.39. The fourth-order valence-corrected chi connectivity index (χ4v) is 4.33. The predicted molar refractivity (Wildman–Crippen MR) is 117 cm³/mol. The fraction of sp³-hybridized carbons (Fsp3) is 0.280. The highest BCUT2D eigenvalue weighted by Crippen LogP contribution is 2.56. The summed E-state index contributed by atoms with van der Waals surface area (Å²) in [5.74, 6) is -4.45. The van der Waals surface area contributed by atoms with Gasteiger partial charge in [-0.05, 0) is 26.3 Å². The minimum atomic E-state index is -1.60. The Morgan fingerprint density at radius 2 is 1.88 bits per heavy atom. The minimum absolute atomic E-state index is 0.0199. The molecule has 170 valence electrons. The van der Waals surface area contributed by atoms with E-state index in [1.165, 1.54) is 20.1 Å². The third-order valence-corrected chi connectivity index (χ3v) is 6.17. The standard InChI is InChI=1S/C25H23NO7/c1-12-5-7-14(8-6-12)11-26-24(31)20-17(32-4)9-16(29)21-22(20)33-18-10-15(28)19(13(2)27)23(30)25(18,21)3/h5-10,19,29H,11H2,1-4H3,(H,26,31)/t19?,25-/m1/s1. The molecule has 0 aromatic heterocycles. The van der Waals surface area contributed by atoms with Crippen molar-refractivity contribution < 1.29 is 33.8 Å². The van der Waals surface area contributed by atoms with Gasteiger partial charge in [0.25, 0.3) is 5.91 Å². The van der Waals surface area contributed by atoms with E-state index in [-0.39, 0.29) is 40.7 Å². The van der Waals surface area contributed by atoms with Crippen molar-refractivity contribution in [3.8, 4) is 17.2 Å². The molecule has 33 heavy (non-hydrogen) atoms. The number of aromatic hydroxyl groups is 1. The zero-order chi connectivity index (χ0) is 24.1. The van der Waals surface area contributed by atoms with Gasteiger partial charge in [0, 0.05) is 18.7 Å². The summed E-state index contributed by atoms with van der Waals surface area (Å²) >= 11 is 0. The largest absolute Gasteiger partial charge is 0.507 e. The van der Waals surface area contributed by atoms with E-state index in [2.05, 4.69) is 5.32 Å². The molecule has 0 saturated carbocycles. The van der Waals surface area contributed by atoms with Gasteiger partial charge in [0.1, 0.15) is 39.9 Å². The molecule has 0 saturated heterocycles. The maximum atomic E-state index is 13.3. The molecular formula is C25H23NO7. The zero-order valence-corrected chi connectivity index (χ0v) is 18.6. The Bertz CT molecular complexity index is 1240. The molecule has 1 heterocycles. The van der Waals surface area contributed by atoms with Gasteiger partial charge >= 0.3 is 0 Å². The lowest BCUT2D eigenvalue weighted by atomic mass is 9.67. The summed E-state index contributed by atoms with van der Waals surface area (Å²) in [5, 5.41) is 13.5. The molecule has 2 aromatic rings. The first-order valence-electron chi connectivity index (χ1n) is 10.4. The van der Waals surface area contributed by atoms with Crippen molar-refractivity contribution in [1.29, 1.82) is 0 Å². The molecule has 2 atom stereocenters. The van der Waals surface area contributed by atoms with Crippen LogP contribution in [0.4, 0.5) is 0 Å². The summed E-state index contributed by atoms with van der Waals surface area (Å²) in [4.78, 5) is 50.9. The van der Waals surface area contributed by atoms with Crippen molar-refractivity contribution in [2.24, 2.45) is 5.92 Å². The topological polar surface area (TPSA) is 119 Å². The van der Waals surface area contributed by atoms with E-state index >= 15 is 0 Å². The molecule has 2 N–H and O–H groups in total. The van der Waals surface area contributed by atoms with Crippen molar-refractivity contribution in [1.82, 2.24) is 5.32 Å².